The Hall–Kier alpha value is -2.24. The van der Waals surface area contributed by atoms with E-state index in [9.17, 15) is 15.0 Å². The van der Waals surface area contributed by atoms with Gasteiger partial charge >= 0.3 is 5.97 Å². The quantitative estimate of drug-likeness (QED) is 0.543. The van der Waals surface area contributed by atoms with E-state index in [2.05, 4.69) is 6.58 Å². The molecule has 1 aromatic rings. The van der Waals surface area contributed by atoms with Crippen molar-refractivity contribution in [3.05, 3.63) is 58.7 Å². The highest BCUT2D eigenvalue weighted by Gasteiger charge is 2.38. The van der Waals surface area contributed by atoms with Crippen molar-refractivity contribution >= 4 is 17.6 Å². The normalized spacial score (nSPS) is 26.4. The summed E-state index contributed by atoms with van der Waals surface area (Å²) in [4.78, 5) is 12.6. The Labute approximate surface area is 150 Å². The first-order valence-electron chi connectivity index (χ1n) is 7.99. The van der Waals surface area contributed by atoms with Crippen LogP contribution in [0.5, 0.6) is 11.5 Å². The zero-order valence-corrected chi connectivity index (χ0v) is 14.5. The Balaban J connectivity index is 2.01. The van der Waals surface area contributed by atoms with Gasteiger partial charge in [0.05, 0.1) is 11.1 Å². The lowest BCUT2D eigenvalue weighted by molar-refractivity contribution is 0.0305. The number of cyclic esters (lactones) is 1. The van der Waals surface area contributed by atoms with Crippen LogP contribution in [0.25, 0.3) is 0 Å². The van der Waals surface area contributed by atoms with Crippen molar-refractivity contribution in [2.24, 2.45) is 0 Å². The van der Waals surface area contributed by atoms with Crippen molar-refractivity contribution in [2.45, 2.75) is 38.1 Å². The fraction of sp³-hybridized carbons (Fsp3) is 0.316. The molecule has 0 radical (unpaired) electrons. The van der Waals surface area contributed by atoms with Crippen LogP contribution in [0.4, 0.5) is 0 Å². The number of hydrogen-bond acceptors (Lipinski definition) is 5. The topological polar surface area (TPSA) is 79.3 Å². The minimum atomic E-state index is -0.691. The molecule has 2 aliphatic rings. The summed E-state index contributed by atoms with van der Waals surface area (Å²) < 4.78 is 11.0. The number of carbonyl (C=O) groups excluding carboxylic acids is 1. The van der Waals surface area contributed by atoms with Crippen molar-refractivity contribution in [3.63, 3.8) is 0 Å². The lowest BCUT2D eigenvalue weighted by Crippen LogP contribution is -2.19. The van der Waals surface area contributed by atoms with Gasteiger partial charge in [0.2, 0.25) is 0 Å². The number of aromatic hydroxyl groups is 2. The SMILES string of the molecule is C=C1C=CC=C[C@H]2O[C@@H]2C[C@@H](C)OC(=O)c2c(O)cc(O)c(Cl)c2C1. The molecule has 0 spiro atoms. The van der Waals surface area contributed by atoms with Crippen molar-refractivity contribution in [3.8, 4) is 11.5 Å². The first kappa shape index (κ1) is 17.6. The fourth-order valence-electron chi connectivity index (χ4n) is 2.86. The molecule has 1 aromatic carbocycles. The zero-order valence-electron chi connectivity index (χ0n) is 13.7. The molecule has 25 heavy (non-hydrogen) atoms. The molecule has 1 saturated heterocycles. The van der Waals surface area contributed by atoms with Gasteiger partial charge in [0.1, 0.15) is 29.3 Å². The van der Waals surface area contributed by atoms with Gasteiger partial charge in [0.15, 0.2) is 0 Å². The lowest BCUT2D eigenvalue weighted by Gasteiger charge is -2.17. The van der Waals surface area contributed by atoms with Gasteiger partial charge in [0, 0.05) is 12.5 Å². The van der Waals surface area contributed by atoms with Gasteiger partial charge in [-0.05, 0) is 18.9 Å². The van der Waals surface area contributed by atoms with E-state index in [1.54, 1.807) is 13.0 Å². The van der Waals surface area contributed by atoms with Crippen molar-refractivity contribution in [1.82, 2.24) is 0 Å². The van der Waals surface area contributed by atoms with Gasteiger partial charge in [-0.3, -0.25) is 0 Å². The molecule has 1 fully saturated rings. The number of benzene rings is 1. The summed E-state index contributed by atoms with van der Waals surface area (Å²) in [5.74, 6) is -1.37. The van der Waals surface area contributed by atoms with Gasteiger partial charge in [-0.1, -0.05) is 48.1 Å². The van der Waals surface area contributed by atoms with Crippen LogP contribution in [0.3, 0.4) is 0 Å². The van der Waals surface area contributed by atoms with E-state index in [1.807, 2.05) is 18.2 Å². The van der Waals surface area contributed by atoms with Crippen LogP contribution >= 0.6 is 11.6 Å². The predicted octanol–water partition coefficient (Wildman–Crippen LogP) is 3.68. The summed E-state index contributed by atoms with van der Waals surface area (Å²) in [5.41, 5.74) is 0.890. The Morgan fingerprint density at radius 1 is 1.28 bits per heavy atom. The largest absolute Gasteiger partial charge is 0.507 e. The van der Waals surface area contributed by atoms with Gasteiger partial charge in [-0.15, -0.1) is 0 Å². The molecule has 0 unspecified atom stereocenters. The van der Waals surface area contributed by atoms with Crippen LogP contribution in [0, 0.1) is 0 Å². The summed E-state index contributed by atoms with van der Waals surface area (Å²) in [7, 11) is 0. The van der Waals surface area contributed by atoms with Gasteiger partial charge in [0.25, 0.3) is 0 Å². The molecule has 5 nitrogen and oxygen atoms in total. The highest BCUT2D eigenvalue weighted by Crippen LogP contribution is 2.38. The number of epoxide rings is 1. The molecule has 2 aliphatic heterocycles. The first-order chi connectivity index (χ1) is 11.9. The number of phenolic OH excluding ortho intramolecular Hbond substituents is 2. The maximum absolute atomic E-state index is 12.6. The molecular weight excluding hydrogens is 344 g/mol. The van der Waals surface area contributed by atoms with E-state index >= 15 is 0 Å². The van der Waals surface area contributed by atoms with Crippen LogP contribution < -0.4 is 0 Å². The van der Waals surface area contributed by atoms with Crippen LogP contribution in [0.2, 0.25) is 5.02 Å². The molecule has 0 aromatic heterocycles. The summed E-state index contributed by atoms with van der Waals surface area (Å²) in [6.07, 6.45) is 7.79. The minimum Gasteiger partial charge on any atom is -0.507 e. The summed E-state index contributed by atoms with van der Waals surface area (Å²) in [5, 5.41) is 20.0. The number of hydrogen-bond donors (Lipinski definition) is 2. The van der Waals surface area contributed by atoms with Crippen LogP contribution in [-0.2, 0) is 15.9 Å². The zero-order chi connectivity index (χ0) is 18.1. The summed E-state index contributed by atoms with van der Waals surface area (Å²) in [6, 6.07) is 1.04. The highest BCUT2D eigenvalue weighted by atomic mass is 35.5. The second kappa shape index (κ2) is 6.94. The van der Waals surface area contributed by atoms with Crippen molar-refractivity contribution in [2.75, 3.05) is 0 Å². The van der Waals surface area contributed by atoms with E-state index in [-0.39, 0.29) is 46.3 Å². The third kappa shape index (κ3) is 3.89. The number of ether oxygens (including phenoxy) is 2. The molecule has 3 rings (SSSR count). The standard InChI is InChI=1S/C19H19ClO5/c1-10-5-3-4-6-15-16(25-15)8-11(2)24-19(23)17-12(7-10)18(20)14(22)9-13(17)21/h3-6,9,11,15-16,21-22H,1,7-8H2,2H3/t11-,15-,16-/m1/s1. The average Bonchev–Trinajstić information content (AvgIpc) is 3.25. The maximum atomic E-state index is 12.6. The monoisotopic (exact) mass is 362 g/mol. The Kier molecular flexibility index (Phi) is 4.88. The second-order valence-electron chi connectivity index (χ2n) is 6.25. The molecular formula is C19H19ClO5. The minimum absolute atomic E-state index is 0.000166. The van der Waals surface area contributed by atoms with Crippen molar-refractivity contribution in [1.29, 1.82) is 0 Å². The highest BCUT2D eigenvalue weighted by molar-refractivity contribution is 6.33. The van der Waals surface area contributed by atoms with Crippen LogP contribution in [0.1, 0.15) is 29.3 Å². The van der Waals surface area contributed by atoms with E-state index in [4.69, 9.17) is 21.1 Å². The number of phenols is 2. The van der Waals surface area contributed by atoms with E-state index in [0.29, 0.717) is 12.0 Å². The molecule has 2 N–H and O–H groups in total. The number of fused-ring (bicyclic) bond motifs is 2. The Morgan fingerprint density at radius 2 is 2.04 bits per heavy atom. The van der Waals surface area contributed by atoms with Gasteiger partial charge in [-0.25, -0.2) is 4.79 Å². The molecule has 3 atom stereocenters. The van der Waals surface area contributed by atoms with Crippen molar-refractivity contribution < 1.29 is 24.5 Å². The fourth-order valence-corrected chi connectivity index (χ4v) is 3.08. The van der Waals surface area contributed by atoms with Gasteiger partial charge in [-0.2, -0.15) is 0 Å². The molecule has 132 valence electrons. The number of esters is 1. The Morgan fingerprint density at radius 3 is 2.80 bits per heavy atom. The molecule has 0 saturated carbocycles. The lowest BCUT2D eigenvalue weighted by atomic mass is 9.98. The number of allylic oxidation sites excluding steroid dienone is 4. The predicted molar refractivity (Wildman–Crippen MR) is 94.1 cm³/mol. The van der Waals surface area contributed by atoms with Gasteiger partial charge < -0.3 is 19.7 Å². The maximum Gasteiger partial charge on any atom is 0.342 e. The smallest absolute Gasteiger partial charge is 0.342 e. The van der Waals surface area contributed by atoms with E-state index in [0.717, 1.165) is 6.07 Å². The average molecular weight is 363 g/mol. The molecule has 0 bridgehead atoms. The number of carbonyl (C=O) groups is 1. The third-order valence-corrected chi connectivity index (χ3v) is 4.59. The summed E-state index contributed by atoms with van der Waals surface area (Å²) >= 11 is 6.16. The summed E-state index contributed by atoms with van der Waals surface area (Å²) in [6.45, 7) is 5.69. The number of rotatable bonds is 0. The second-order valence-corrected chi connectivity index (χ2v) is 6.63. The van der Waals surface area contributed by atoms with Crippen LogP contribution in [-0.4, -0.2) is 34.5 Å². The third-order valence-electron chi connectivity index (χ3n) is 4.17. The molecule has 6 heteroatoms. The molecule has 0 amide bonds. The molecule has 2 heterocycles. The van der Waals surface area contributed by atoms with E-state index < -0.39 is 12.1 Å². The number of halogens is 1. The van der Waals surface area contributed by atoms with Crippen LogP contribution in [0.15, 0.2) is 42.5 Å². The molecule has 0 aliphatic carbocycles. The van der Waals surface area contributed by atoms with E-state index in [1.165, 1.54) is 0 Å². The Bertz CT molecular complexity index is 781. The first-order valence-corrected chi connectivity index (χ1v) is 8.37.